The number of nitrogens with zero attached hydrogens (tertiary/aromatic N) is 3. The molecule has 2 fully saturated rings. The number of benzene rings is 1. The van der Waals surface area contributed by atoms with E-state index in [1.54, 1.807) is 4.90 Å². The lowest BCUT2D eigenvalue weighted by Gasteiger charge is -2.38. The first-order chi connectivity index (χ1) is 12.5. The third-order valence-corrected chi connectivity index (χ3v) is 5.96. The number of carbonyl (C=O) groups excluding carboxylic acids is 2. The van der Waals surface area contributed by atoms with E-state index in [-0.39, 0.29) is 17.6 Å². The maximum Gasteiger partial charge on any atom is 0.255 e. The van der Waals surface area contributed by atoms with Crippen LogP contribution in [-0.4, -0.2) is 71.8 Å². The smallest absolute Gasteiger partial charge is 0.255 e. The van der Waals surface area contributed by atoms with Crippen LogP contribution in [0.1, 0.15) is 36.5 Å². The van der Waals surface area contributed by atoms with Crippen LogP contribution in [0.4, 0.5) is 4.39 Å². The average Bonchev–Trinajstić information content (AvgIpc) is 2.62. The number of hydrogen-bond donors (Lipinski definition) is 0. The van der Waals surface area contributed by atoms with Gasteiger partial charge in [-0.15, -0.1) is 0 Å². The summed E-state index contributed by atoms with van der Waals surface area (Å²) in [6, 6.07) is 4.44. The molecule has 1 atom stereocenters. The van der Waals surface area contributed by atoms with Gasteiger partial charge in [0.25, 0.3) is 5.91 Å². The van der Waals surface area contributed by atoms with Crippen LogP contribution in [0.25, 0.3) is 0 Å². The zero-order valence-electron chi connectivity index (χ0n) is 15.1. The normalized spacial score (nSPS) is 21.7. The van der Waals surface area contributed by atoms with Crippen molar-refractivity contribution in [2.24, 2.45) is 0 Å². The maximum atomic E-state index is 13.2. The Morgan fingerprint density at radius 1 is 1.15 bits per heavy atom. The summed E-state index contributed by atoms with van der Waals surface area (Å²) < 4.78 is 13.7. The fourth-order valence-electron chi connectivity index (χ4n) is 3.69. The Hall–Kier alpha value is -1.47. The molecule has 2 heterocycles. The van der Waals surface area contributed by atoms with Crippen LogP contribution >= 0.6 is 15.9 Å². The van der Waals surface area contributed by atoms with Gasteiger partial charge < -0.3 is 9.80 Å². The van der Waals surface area contributed by atoms with Crippen LogP contribution in [0.2, 0.25) is 0 Å². The minimum Gasteiger partial charge on any atom is -0.339 e. The van der Waals surface area contributed by atoms with Gasteiger partial charge in [-0.2, -0.15) is 0 Å². The highest BCUT2D eigenvalue weighted by atomic mass is 79.9. The molecular weight excluding hydrogens is 401 g/mol. The molecule has 2 saturated heterocycles. The van der Waals surface area contributed by atoms with Gasteiger partial charge in [-0.25, -0.2) is 4.39 Å². The second kappa shape index (κ2) is 8.48. The van der Waals surface area contributed by atoms with Gasteiger partial charge in [0.05, 0.1) is 12.1 Å². The largest absolute Gasteiger partial charge is 0.339 e. The number of carbonyl (C=O) groups is 2. The average molecular weight is 426 g/mol. The SMILES string of the molecule is CC1CCCCN1C(=O)CN1CCN(C(=O)c2ccc(F)cc2Br)CC1. The fourth-order valence-corrected chi connectivity index (χ4v) is 4.21. The van der Waals surface area contributed by atoms with Crippen LogP contribution in [0.5, 0.6) is 0 Å². The van der Waals surface area contributed by atoms with E-state index in [1.807, 2.05) is 4.90 Å². The molecule has 0 aromatic heterocycles. The van der Waals surface area contributed by atoms with Gasteiger partial charge in [0, 0.05) is 43.2 Å². The summed E-state index contributed by atoms with van der Waals surface area (Å²) in [5, 5.41) is 0. The minimum atomic E-state index is -0.372. The number of amides is 2. The quantitative estimate of drug-likeness (QED) is 0.747. The molecule has 0 radical (unpaired) electrons. The summed E-state index contributed by atoms with van der Waals surface area (Å²) in [5.41, 5.74) is 0.470. The maximum absolute atomic E-state index is 13.2. The minimum absolute atomic E-state index is 0.104. The predicted octanol–water partition coefficient (Wildman–Crippen LogP) is 2.75. The Kier molecular flexibility index (Phi) is 6.29. The van der Waals surface area contributed by atoms with Gasteiger partial charge in [-0.05, 0) is 60.3 Å². The van der Waals surface area contributed by atoms with Crippen molar-refractivity contribution in [1.29, 1.82) is 0 Å². The zero-order valence-corrected chi connectivity index (χ0v) is 16.7. The van der Waals surface area contributed by atoms with E-state index < -0.39 is 0 Å². The molecule has 0 bridgehead atoms. The lowest BCUT2D eigenvalue weighted by atomic mass is 10.0. The molecule has 1 aromatic carbocycles. The standard InChI is InChI=1S/C19H25BrFN3O2/c1-14-4-2-3-7-24(14)18(25)13-22-8-10-23(11-9-22)19(26)16-6-5-15(21)12-17(16)20/h5-6,12,14H,2-4,7-11,13H2,1H3. The first kappa shape index (κ1) is 19.3. The number of rotatable bonds is 3. The predicted molar refractivity (Wildman–Crippen MR) is 101 cm³/mol. The van der Waals surface area contributed by atoms with Crippen molar-refractivity contribution in [1.82, 2.24) is 14.7 Å². The molecule has 0 saturated carbocycles. The molecule has 5 nitrogen and oxygen atoms in total. The summed E-state index contributed by atoms with van der Waals surface area (Å²) in [4.78, 5) is 31.1. The molecule has 2 amide bonds. The van der Waals surface area contributed by atoms with Crippen molar-refractivity contribution >= 4 is 27.7 Å². The Balaban J connectivity index is 1.52. The van der Waals surface area contributed by atoms with Gasteiger partial charge >= 0.3 is 0 Å². The van der Waals surface area contributed by atoms with Crippen molar-refractivity contribution in [2.75, 3.05) is 39.3 Å². The summed E-state index contributed by atoms with van der Waals surface area (Å²) >= 11 is 3.26. The number of hydrogen-bond acceptors (Lipinski definition) is 3. The second-order valence-corrected chi connectivity index (χ2v) is 7.98. The Morgan fingerprint density at radius 3 is 2.54 bits per heavy atom. The molecule has 0 N–H and O–H groups in total. The van der Waals surface area contributed by atoms with Gasteiger partial charge in [0.15, 0.2) is 0 Å². The van der Waals surface area contributed by atoms with Crippen molar-refractivity contribution in [2.45, 2.75) is 32.2 Å². The molecule has 0 spiro atoms. The van der Waals surface area contributed by atoms with Crippen LogP contribution in [-0.2, 0) is 4.79 Å². The van der Waals surface area contributed by atoms with Gasteiger partial charge in [-0.1, -0.05) is 0 Å². The van der Waals surface area contributed by atoms with E-state index in [0.717, 1.165) is 19.4 Å². The molecule has 2 aliphatic heterocycles. The molecule has 3 rings (SSSR count). The molecule has 7 heteroatoms. The monoisotopic (exact) mass is 425 g/mol. The van der Waals surface area contributed by atoms with Gasteiger partial charge in [0.2, 0.25) is 5.91 Å². The van der Waals surface area contributed by atoms with Crippen LogP contribution in [0, 0.1) is 5.82 Å². The molecule has 1 unspecified atom stereocenters. The van der Waals surface area contributed by atoms with E-state index in [9.17, 15) is 14.0 Å². The van der Waals surface area contributed by atoms with E-state index in [0.29, 0.717) is 48.8 Å². The van der Waals surface area contributed by atoms with Crippen molar-refractivity contribution in [3.63, 3.8) is 0 Å². The highest BCUT2D eigenvalue weighted by molar-refractivity contribution is 9.10. The highest BCUT2D eigenvalue weighted by Gasteiger charge is 2.28. The lowest BCUT2D eigenvalue weighted by molar-refractivity contribution is -0.136. The lowest BCUT2D eigenvalue weighted by Crippen LogP contribution is -2.53. The Labute approximate surface area is 162 Å². The number of piperazine rings is 1. The van der Waals surface area contributed by atoms with Gasteiger partial charge in [0.1, 0.15) is 5.82 Å². The summed E-state index contributed by atoms with van der Waals surface area (Å²) in [7, 11) is 0. The molecule has 1 aromatic rings. The Morgan fingerprint density at radius 2 is 1.88 bits per heavy atom. The fraction of sp³-hybridized carbons (Fsp3) is 0.579. The van der Waals surface area contributed by atoms with Crippen LogP contribution < -0.4 is 0 Å². The third-order valence-electron chi connectivity index (χ3n) is 5.30. The second-order valence-electron chi connectivity index (χ2n) is 7.12. The number of halogens is 2. The van der Waals surface area contributed by atoms with Crippen molar-refractivity contribution in [3.8, 4) is 0 Å². The van der Waals surface area contributed by atoms with E-state index in [1.165, 1.54) is 24.6 Å². The first-order valence-corrected chi connectivity index (χ1v) is 10.0. The van der Waals surface area contributed by atoms with Gasteiger partial charge in [-0.3, -0.25) is 14.5 Å². The van der Waals surface area contributed by atoms with Crippen molar-refractivity contribution in [3.05, 3.63) is 34.1 Å². The van der Waals surface area contributed by atoms with E-state index in [2.05, 4.69) is 27.8 Å². The number of piperidine rings is 1. The van der Waals surface area contributed by atoms with Crippen molar-refractivity contribution < 1.29 is 14.0 Å². The summed E-state index contributed by atoms with van der Waals surface area (Å²) in [6.07, 6.45) is 3.37. The van der Waals surface area contributed by atoms with Crippen LogP contribution in [0.15, 0.2) is 22.7 Å². The number of likely N-dealkylation sites (tertiary alicyclic amines) is 1. The summed E-state index contributed by atoms with van der Waals surface area (Å²) in [6.45, 7) is 5.91. The Bertz CT molecular complexity index is 677. The van der Waals surface area contributed by atoms with E-state index in [4.69, 9.17) is 0 Å². The molecule has 2 aliphatic rings. The zero-order chi connectivity index (χ0) is 18.7. The molecule has 26 heavy (non-hydrogen) atoms. The summed E-state index contributed by atoms with van der Waals surface area (Å²) in [5.74, 6) is -0.283. The third kappa shape index (κ3) is 4.43. The highest BCUT2D eigenvalue weighted by Crippen LogP contribution is 2.21. The topological polar surface area (TPSA) is 43.9 Å². The van der Waals surface area contributed by atoms with Crippen LogP contribution in [0.3, 0.4) is 0 Å². The first-order valence-electron chi connectivity index (χ1n) is 9.22. The molecular formula is C19H25BrFN3O2. The van der Waals surface area contributed by atoms with E-state index >= 15 is 0 Å². The molecule has 142 valence electrons. The molecule has 0 aliphatic carbocycles.